The van der Waals surface area contributed by atoms with Gasteiger partial charge in [0.2, 0.25) is 5.91 Å². The first-order valence-electron chi connectivity index (χ1n) is 11.8. The summed E-state index contributed by atoms with van der Waals surface area (Å²) in [6, 6.07) is 15.6. The van der Waals surface area contributed by atoms with E-state index in [4.69, 9.17) is 4.42 Å². The third-order valence-electron chi connectivity index (χ3n) is 6.97. The second-order valence-corrected chi connectivity index (χ2v) is 9.32. The normalized spacial score (nSPS) is 21.1. The summed E-state index contributed by atoms with van der Waals surface area (Å²) in [6.07, 6.45) is 7.74. The number of benzene rings is 1. The van der Waals surface area contributed by atoms with Crippen LogP contribution in [0.25, 0.3) is 11.5 Å². The SMILES string of the molecule is CC1(C(=O)NC2CCCCC2)Cn2nc(-c3ccco3)cc2C(=O)N1CCc1ccccc1. The van der Waals surface area contributed by atoms with Gasteiger partial charge in [0.15, 0.2) is 5.76 Å². The summed E-state index contributed by atoms with van der Waals surface area (Å²) in [6.45, 7) is 2.63. The predicted molar refractivity (Wildman–Crippen MR) is 125 cm³/mol. The fourth-order valence-corrected chi connectivity index (χ4v) is 5.01. The minimum atomic E-state index is -1.03. The Morgan fingerprint density at radius 2 is 1.94 bits per heavy atom. The van der Waals surface area contributed by atoms with Crippen molar-refractivity contribution in [3.05, 3.63) is 66.1 Å². The number of amides is 2. The molecule has 2 aromatic heterocycles. The second-order valence-electron chi connectivity index (χ2n) is 9.32. The molecule has 3 aromatic rings. The van der Waals surface area contributed by atoms with Gasteiger partial charge in [0.25, 0.3) is 5.91 Å². The van der Waals surface area contributed by atoms with Gasteiger partial charge in [-0.1, -0.05) is 49.6 Å². The van der Waals surface area contributed by atoms with E-state index in [0.717, 1.165) is 31.2 Å². The van der Waals surface area contributed by atoms with Crippen LogP contribution in [-0.4, -0.2) is 44.6 Å². The third-order valence-corrected chi connectivity index (χ3v) is 6.97. The van der Waals surface area contributed by atoms with Crippen LogP contribution in [0.2, 0.25) is 0 Å². The summed E-state index contributed by atoms with van der Waals surface area (Å²) in [5.74, 6) is 0.328. The van der Waals surface area contributed by atoms with Gasteiger partial charge in [-0.15, -0.1) is 0 Å². The zero-order valence-electron chi connectivity index (χ0n) is 19.0. The molecule has 33 heavy (non-hydrogen) atoms. The van der Waals surface area contributed by atoms with Gasteiger partial charge in [-0.3, -0.25) is 14.3 Å². The number of nitrogens with zero attached hydrogens (tertiary/aromatic N) is 3. The van der Waals surface area contributed by atoms with Crippen molar-refractivity contribution in [2.45, 2.75) is 63.6 Å². The van der Waals surface area contributed by atoms with Crippen LogP contribution in [0.5, 0.6) is 0 Å². The Labute approximate surface area is 193 Å². The van der Waals surface area contributed by atoms with Gasteiger partial charge >= 0.3 is 0 Å². The molecule has 0 spiro atoms. The molecule has 1 unspecified atom stereocenters. The molecule has 0 bridgehead atoms. The van der Waals surface area contributed by atoms with Crippen LogP contribution in [-0.2, 0) is 17.8 Å². The maximum absolute atomic E-state index is 13.7. The molecule has 0 radical (unpaired) electrons. The first kappa shape index (κ1) is 21.5. The van der Waals surface area contributed by atoms with Crippen molar-refractivity contribution < 1.29 is 14.0 Å². The van der Waals surface area contributed by atoms with E-state index in [0.29, 0.717) is 36.7 Å². The van der Waals surface area contributed by atoms with Gasteiger partial charge in [0, 0.05) is 18.7 Å². The van der Waals surface area contributed by atoms with Gasteiger partial charge in [-0.25, -0.2) is 0 Å². The summed E-state index contributed by atoms with van der Waals surface area (Å²) in [7, 11) is 0. The molecule has 2 aliphatic rings. The van der Waals surface area contributed by atoms with E-state index in [1.165, 1.54) is 6.42 Å². The highest BCUT2D eigenvalue weighted by molar-refractivity contribution is 6.00. The monoisotopic (exact) mass is 446 g/mol. The lowest BCUT2D eigenvalue weighted by atomic mass is 9.91. The molecule has 1 aromatic carbocycles. The van der Waals surface area contributed by atoms with E-state index in [-0.39, 0.29) is 17.9 Å². The van der Waals surface area contributed by atoms with E-state index >= 15 is 0 Å². The minimum Gasteiger partial charge on any atom is -0.463 e. The van der Waals surface area contributed by atoms with Crippen molar-refractivity contribution in [2.75, 3.05) is 6.54 Å². The lowest BCUT2D eigenvalue weighted by Gasteiger charge is -2.44. The largest absolute Gasteiger partial charge is 0.463 e. The van der Waals surface area contributed by atoms with E-state index in [2.05, 4.69) is 10.4 Å². The number of fused-ring (bicyclic) bond motifs is 1. The highest BCUT2D eigenvalue weighted by atomic mass is 16.3. The zero-order valence-corrected chi connectivity index (χ0v) is 19.0. The van der Waals surface area contributed by atoms with Crippen molar-refractivity contribution in [2.24, 2.45) is 0 Å². The highest BCUT2D eigenvalue weighted by Gasteiger charge is 2.48. The molecule has 1 aliphatic carbocycles. The number of carbonyl (C=O) groups is 2. The van der Waals surface area contributed by atoms with Crippen molar-refractivity contribution in [3.63, 3.8) is 0 Å². The van der Waals surface area contributed by atoms with Crippen LogP contribution in [0.15, 0.2) is 59.2 Å². The summed E-state index contributed by atoms with van der Waals surface area (Å²) in [5.41, 5.74) is 1.19. The van der Waals surface area contributed by atoms with E-state index < -0.39 is 5.54 Å². The maximum atomic E-state index is 13.7. The molecule has 7 heteroatoms. The first-order valence-corrected chi connectivity index (χ1v) is 11.8. The van der Waals surface area contributed by atoms with Crippen LogP contribution in [0, 0.1) is 0 Å². The molecule has 5 rings (SSSR count). The Balaban J connectivity index is 1.45. The summed E-state index contributed by atoms with van der Waals surface area (Å²) in [5, 5.41) is 7.87. The van der Waals surface area contributed by atoms with Crippen molar-refractivity contribution in [1.82, 2.24) is 20.0 Å². The average Bonchev–Trinajstić information content (AvgIpc) is 3.50. The quantitative estimate of drug-likeness (QED) is 0.620. The molecule has 3 heterocycles. The Morgan fingerprint density at radius 3 is 2.67 bits per heavy atom. The van der Waals surface area contributed by atoms with Crippen LogP contribution in [0.3, 0.4) is 0 Å². The number of nitrogens with one attached hydrogen (secondary N) is 1. The lowest BCUT2D eigenvalue weighted by molar-refractivity contribution is -0.134. The summed E-state index contributed by atoms with van der Waals surface area (Å²) < 4.78 is 7.15. The second kappa shape index (κ2) is 8.89. The highest BCUT2D eigenvalue weighted by Crippen LogP contribution is 2.31. The molecule has 1 atom stereocenters. The van der Waals surface area contributed by atoms with Crippen molar-refractivity contribution in [3.8, 4) is 11.5 Å². The van der Waals surface area contributed by atoms with Crippen LogP contribution < -0.4 is 5.32 Å². The molecular weight excluding hydrogens is 416 g/mol. The number of rotatable bonds is 6. The van der Waals surface area contributed by atoms with Gasteiger partial charge in [-0.05, 0) is 43.9 Å². The molecule has 1 saturated carbocycles. The van der Waals surface area contributed by atoms with Crippen LogP contribution in [0.1, 0.15) is 55.1 Å². The van der Waals surface area contributed by atoms with Crippen molar-refractivity contribution in [1.29, 1.82) is 0 Å². The van der Waals surface area contributed by atoms with Crippen LogP contribution >= 0.6 is 0 Å². The van der Waals surface area contributed by atoms with Crippen molar-refractivity contribution >= 4 is 11.8 Å². The Morgan fingerprint density at radius 1 is 1.15 bits per heavy atom. The molecular formula is C26H30N4O3. The molecule has 7 nitrogen and oxygen atoms in total. The topological polar surface area (TPSA) is 80.4 Å². The smallest absolute Gasteiger partial charge is 0.273 e. The summed E-state index contributed by atoms with van der Waals surface area (Å²) >= 11 is 0. The molecule has 1 fully saturated rings. The summed E-state index contributed by atoms with van der Waals surface area (Å²) in [4.78, 5) is 29.1. The number of hydrogen-bond acceptors (Lipinski definition) is 4. The number of carbonyl (C=O) groups excluding carboxylic acids is 2. The predicted octanol–water partition coefficient (Wildman–Crippen LogP) is 4.05. The molecule has 172 valence electrons. The molecule has 0 saturated heterocycles. The number of aromatic nitrogens is 2. The van der Waals surface area contributed by atoms with E-state index in [9.17, 15) is 9.59 Å². The number of furan rings is 1. The fraction of sp³-hybridized carbons (Fsp3) is 0.423. The first-order chi connectivity index (χ1) is 16.0. The maximum Gasteiger partial charge on any atom is 0.273 e. The zero-order chi connectivity index (χ0) is 22.8. The molecule has 1 N–H and O–H groups in total. The van der Waals surface area contributed by atoms with Crippen LogP contribution in [0.4, 0.5) is 0 Å². The number of hydrogen-bond donors (Lipinski definition) is 1. The van der Waals surface area contributed by atoms with Gasteiger partial charge < -0.3 is 14.6 Å². The fourth-order valence-electron chi connectivity index (χ4n) is 5.01. The standard InChI is InChI=1S/C26H30N4O3/c1-26(25(32)27-20-11-6-3-7-12-20)18-30-22(17-21(28-30)23-13-8-16-33-23)24(31)29(26)15-14-19-9-4-2-5-10-19/h2,4-5,8-10,13,16-17,20H,3,6-7,11-12,14-15,18H2,1H3,(H,27,32). The van der Waals surface area contributed by atoms with Gasteiger partial charge in [0.05, 0.1) is 12.8 Å². The van der Waals surface area contributed by atoms with E-state index in [1.807, 2.05) is 43.3 Å². The Hall–Kier alpha value is -3.35. The van der Waals surface area contributed by atoms with Gasteiger partial charge in [0.1, 0.15) is 16.9 Å². The molecule has 1 aliphatic heterocycles. The third kappa shape index (κ3) is 4.19. The Bertz CT molecular complexity index is 1120. The van der Waals surface area contributed by atoms with Gasteiger partial charge in [-0.2, -0.15) is 5.10 Å². The Kier molecular flexibility index (Phi) is 5.79. The average molecular weight is 447 g/mol. The minimum absolute atomic E-state index is 0.100. The molecule has 2 amide bonds. The van der Waals surface area contributed by atoms with E-state index in [1.54, 1.807) is 28.0 Å². The lowest BCUT2D eigenvalue weighted by Crippen LogP contribution is -2.65.